The first-order chi connectivity index (χ1) is 12.3. The zero-order valence-electron chi connectivity index (χ0n) is 14.2. The number of benzene rings is 1. The molecule has 0 radical (unpaired) electrons. The van der Waals surface area contributed by atoms with Crippen molar-refractivity contribution in [3.63, 3.8) is 0 Å². The molecule has 2 atom stereocenters. The molecule has 1 amide bonds. The Morgan fingerprint density at radius 2 is 2.08 bits per heavy atom. The minimum Gasteiger partial charge on any atom is -0.486 e. The molecule has 2 unspecified atom stereocenters. The quantitative estimate of drug-likeness (QED) is 0.894. The molecule has 3 heterocycles. The van der Waals surface area contributed by atoms with Crippen LogP contribution >= 0.6 is 11.3 Å². The molecule has 1 aromatic heterocycles. The van der Waals surface area contributed by atoms with Crippen LogP contribution in [0.4, 0.5) is 0 Å². The highest BCUT2D eigenvalue weighted by atomic mass is 32.1. The Labute approximate surface area is 152 Å². The first-order valence-electron chi connectivity index (χ1n) is 8.94. The summed E-state index contributed by atoms with van der Waals surface area (Å²) in [6.45, 7) is 3.15. The van der Waals surface area contributed by atoms with Crippen molar-refractivity contribution in [1.82, 2.24) is 15.2 Å². The molecule has 25 heavy (non-hydrogen) atoms. The van der Waals surface area contributed by atoms with Gasteiger partial charge < -0.3 is 15.0 Å². The molecule has 4 rings (SSSR count). The SMILES string of the molecule is O=C(C1CC(c2csc(COc3ccccc3)n2)CN1)N1CCCC1. The zero-order chi connectivity index (χ0) is 17.1. The molecule has 0 saturated carbocycles. The second-order valence-electron chi connectivity index (χ2n) is 6.69. The van der Waals surface area contributed by atoms with Gasteiger partial charge in [0.15, 0.2) is 0 Å². The normalized spacial score (nSPS) is 23.1. The average molecular weight is 357 g/mol. The van der Waals surface area contributed by atoms with Gasteiger partial charge in [0.1, 0.15) is 17.4 Å². The van der Waals surface area contributed by atoms with Crippen molar-refractivity contribution >= 4 is 17.2 Å². The molecule has 132 valence electrons. The van der Waals surface area contributed by atoms with Crippen LogP contribution in [0.3, 0.4) is 0 Å². The monoisotopic (exact) mass is 357 g/mol. The van der Waals surface area contributed by atoms with Crippen LogP contribution < -0.4 is 10.1 Å². The van der Waals surface area contributed by atoms with Crippen LogP contribution in [0, 0.1) is 0 Å². The first kappa shape index (κ1) is 16.5. The molecule has 1 N–H and O–H groups in total. The standard InChI is InChI=1S/C19H23N3O2S/c23-19(22-8-4-5-9-22)16-10-14(11-20-16)17-13-25-18(21-17)12-24-15-6-2-1-3-7-15/h1-3,6-7,13-14,16,20H,4-5,8-12H2. The summed E-state index contributed by atoms with van der Waals surface area (Å²) in [5.74, 6) is 1.44. The van der Waals surface area contributed by atoms with Gasteiger partial charge >= 0.3 is 0 Å². The largest absolute Gasteiger partial charge is 0.486 e. The van der Waals surface area contributed by atoms with Crippen LogP contribution in [-0.4, -0.2) is 41.5 Å². The fourth-order valence-electron chi connectivity index (χ4n) is 3.55. The number of rotatable bonds is 5. The van der Waals surface area contributed by atoms with E-state index in [2.05, 4.69) is 10.7 Å². The minimum absolute atomic E-state index is 0.0474. The van der Waals surface area contributed by atoms with Crippen LogP contribution in [0.5, 0.6) is 5.75 Å². The summed E-state index contributed by atoms with van der Waals surface area (Å²) in [7, 11) is 0. The van der Waals surface area contributed by atoms with Crippen molar-refractivity contribution in [2.24, 2.45) is 0 Å². The number of amides is 1. The summed E-state index contributed by atoms with van der Waals surface area (Å²) in [4.78, 5) is 19.2. The summed E-state index contributed by atoms with van der Waals surface area (Å²) in [5.41, 5.74) is 1.08. The van der Waals surface area contributed by atoms with Gasteiger partial charge in [-0.3, -0.25) is 4.79 Å². The summed E-state index contributed by atoms with van der Waals surface area (Å²) in [5, 5.41) is 6.48. The molecular weight excluding hydrogens is 334 g/mol. The van der Waals surface area contributed by atoms with E-state index in [-0.39, 0.29) is 11.9 Å². The molecule has 0 aliphatic carbocycles. The number of carbonyl (C=O) groups excluding carboxylic acids is 1. The molecule has 2 aromatic rings. The highest BCUT2D eigenvalue weighted by Gasteiger charge is 2.34. The lowest BCUT2D eigenvalue weighted by Gasteiger charge is -2.19. The van der Waals surface area contributed by atoms with Gasteiger partial charge in [-0.2, -0.15) is 0 Å². The van der Waals surface area contributed by atoms with Crippen molar-refractivity contribution in [2.75, 3.05) is 19.6 Å². The van der Waals surface area contributed by atoms with E-state index in [1.54, 1.807) is 11.3 Å². The number of hydrogen-bond donors (Lipinski definition) is 1. The second kappa shape index (κ2) is 7.54. The van der Waals surface area contributed by atoms with Gasteiger partial charge in [-0.25, -0.2) is 4.98 Å². The lowest BCUT2D eigenvalue weighted by Crippen LogP contribution is -2.42. The van der Waals surface area contributed by atoms with E-state index in [4.69, 9.17) is 9.72 Å². The lowest BCUT2D eigenvalue weighted by molar-refractivity contribution is -0.132. The molecule has 1 aromatic carbocycles. The van der Waals surface area contributed by atoms with Gasteiger partial charge in [0, 0.05) is 30.9 Å². The molecule has 2 aliphatic heterocycles. The summed E-state index contributed by atoms with van der Waals surface area (Å²) in [6, 6.07) is 9.75. The second-order valence-corrected chi connectivity index (χ2v) is 7.64. The maximum absolute atomic E-state index is 12.5. The Morgan fingerprint density at radius 1 is 1.28 bits per heavy atom. The number of likely N-dealkylation sites (tertiary alicyclic amines) is 1. The minimum atomic E-state index is -0.0474. The van der Waals surface area contributed by atoms with Gasteiger partial charge in [-0.15, -0.1) is 11.3 Å². The predicted octanol–water partition coefficient (Wildman–Crippen LogP) is 2.79. The van der Waals surface area contributed by atoms with E-state index in [0.717, 1.165) is 55.3 Å². The number of carbonyl (C=O) groups is 1. The van der Waals surface area contributed by atoms with E-state index in [1.165, 1.54) is 0 Å². The van der Waals surface area contributed by atoms with Gasteiger partial charge in [-0.1, -0.05) is 18.2 Å². The number of hydrogen-bond acceptors (Lipinski definition) is 5. The predicted molar refractivity (Wildman–Crippen MR) is 97.9 cm³/mol. The maximum Gasteiger partial charge on any atom is 0.239 e. The molecule has 2 aliphatic rings. The van der Waals surface area contributed by atoms with E-state index in [9.17, 15) is 4.79 Å². The zero-order valence-corrected chi connectivity index (χ0v) is 15.0. The van der Waals surface area contributed by atoms with Crippen LogP contribution in [0.25, 0.3) is 0 Å². The average Bonchev–Trinajstić information content (AvgIpc) is 3.41. The number of ether oxygens (including phenoxy) is 1. The van der Waals surface area contributed by atoms with Crippen LogP contribution in [0.15, 0.2) is 35.7 Å². The smallest absolute Gasteiger partial charge is 0.239 e. The number of thiazole rings is 1. The van der Waals surface area contributed by atoms with Crippen molar-refractivity contribution < 1.29 is 9.53 Å². The fraction of sp³-hybridized carbons (Fsp3) is 0.474. The van der Waals surface area contributed by atoms with Crippen molar-refractivity contribution in [1.29, 1.82) is 0 Å². The van der Waals surface area contributed by atoms with Gasteiger partial charge in [0.05, 0.1) is 11.7 Å². The fourth-order valence-corrected chi connectivity index (χ4v) is 4.33. The van der Waals surface area contributed by atoms with Gasteiger partial charge in [0.2, 0.25) is 5.91 Å². The first-order valence-corrected chi connectivity index (χ1v) is 9.82. The van der Waals surface area contributed by atoms with Gasteiger partial charge in [0.25, 0.3) is 0 Å². The Kier molecular flexibility index (Phi) is 4.99. The van der Waals surface area contributed by atoms with Crippen LogP contribution in [0.1, 0.15) is 35.9 Å². The Bertz CT molecular complexity index is 712. The molecule has 0 bridgehead atoms. The third-order valence-corrected chi connectivity index (χ3v) is 5.78. The number of aromatic nitrogens is 1. The third-order valence-electron chi connectivity index (χ3n) is 4.94. The highest BCUT2D eigenvalue weighted by molar-refractivity contribution is 7.09. The summed E-state index contributed by atoms with van der Waals surface area (Å²) >= 11 is 1.63. The van der Waals surface area contributed by atoms with E-state index in [1.807, 2.05) is 35.2 Å². The van der Waals surface area contributed by atoms with E-state index < -0.39 is 0 Å². The van der Waals surface area contributed by atoms with E-state index >= 15 is 0 Å². The Balaban J connectivity index is 1.32. The Morgan fingerprint density at radius 3 is 2.88 bits per heavy atom. The maximum atomic E-state index is 12.5. The summed E-state index contributed by atoms with van der Waals surface area (Å²) < 4.78 is 5.77. The van der Waals surface area contributed by atoms with Crippen LogP contribution in [-0.2, 0) is 11.4 Å². The molecule has 6 heteroatoms. The highest BCUT2D eigenvalue weighted by Crippen LogP contribution is 2.28. The lowest BCUT2D eigenvalue weighted by atomic mass is 10.0. The summed E-state index contributed by atoms with van der Waals surface area (Å²) in [6.07, 6.45) is 3.12. The van der Waals surface area contributed by atoms with Gasteiger partial charge in [-0.05, 0) is 31.4 Å². The van der Waals surface area contributed by atoms with Crippen molar-refractivity contribution in [3.05, 3.63) is 46.4 Å². The topological polar surface area (TPSA) is 54.5 Å². The molecule has 2 fully saturated rings. The molecule has 0 spiro atoms. The number of nitrogens with zero attached hydrogens (tertiary/aromatic N) is 2. The Hall–Kier alpha value is -1.92. The molecule has 2 saturated heterocycles. The van der Waals surface area contributed by atoms with Crippen LogP contribution in [0.2, 0.25) is 0 Å². The number of nitrogens with one attached hydrogen (secondary N) is 1. The van der Waals surface area contributed by atoms with Crippen molar-refractivity contribution in [3.8, 4) is 5.75 Å². The number of para-hydroxylation sites is 1. The third kappa shape index (κ3) is 3.85. The molecular formula is C19H23N3O2S. The molecule has 5 nitrogen and oxygen atoms in total. The van der Waals surface area contributed by atoms with E-state index in [0.29, 0.717) is 12.5 Å². The van der Waals surface area contributed by atoms with Crippen molar-refractivity contribution in [2.45, 2.75) is 37.8 Å².